The summed E-state index contributed by atoms with van der Waals surface area (Å²) in [4.78, 5) is 0. The number of nitriles is 1. The molecule has 66 valence electrons. The van der Waals surface area contributed by atoms with E-state index in [9.17, 15) is 0 Å². The molecular formula is C11H11NO. The molecule has 1 aliphatic carbocycles. The Hall–Kier alpha value is -1.75. The summed E-state index contributed by atoms with van der Waals surface area (Å²) in [5.74, 6) is 0.679. The van der Waals surface area contributed by atoms with E-state index in [0.29, 0.717) is 12.2 Å². The van der Waals surface area contributed by atoms with E-state index in [1.54, 1.807) is 6.26 Å². The van der Waals surface area contributed by atoms with Crippen LogP contribution in [0.3, 0.4) is 0 Å². The lowest BCUT2D eigenvalue weighted by Crippen LogP contribution is -1.81. The van der Waals surface area contributed by atoms with Gasteiger partial charge >= 0.3 is 0 Å². The third-order valence-corrected chi connectivity index (χ3v) is 1.69. The van der Waals surface area contributed by atoms with Gasteiger partial charge < -0.3 is 4.74 Å². The van der Waals surface area contributed by atoms with Gasteiger partial charge in [-0.1, -0.05) is 24.3 Å². The molecule has 2 nitrogen and oxygen atoms in total. The first-order valence-corrected chi connectivity index (χ1v) is 4.10. The van der Waals surface area contributed by atoms with Gasteiger partial charge in [0.05, 0.1) is 0 Å². The number of allylic oxidation sites excluding steroid dienone is 6. The molecule has 2 heteroatoms. The molecule has 0 heterocycles. The van der Waals surface area contributed by atoms with Crippen LogP contribution in [-0.4, -0.2) is 0 Å². The largest absolute Gasteiger partial charge is 0.392 e. The van der Waals surface area contributed by atoms with E-state index in [1.165, 1.54) is 5.57 Å². The van der Waals surface area contributed by atoms with E-state index >= 15 is 0 Å². The second-order valence-corrected chi connectivity index (χ2v) is 2.67. The Labute approximate surface area is 78.1 Å². The zero-order chi connectivity index (χ0) is 9.52. The summed E-state index contributed by atoms with van der Waals surface area (Å²) >= 11 is 0. The number of rotatable bonds is 3. The lowest BCUT2D eigenvalue weighted by atomic mass is 10.2. The van der Waals surface area contributed by atoms with Gasteiger partial charge in [-0.2, -0.15) is 0 Å². The van der Waals surface area contributed by atoms with Gasteiger partial charge in [-0.05, 0) is 18.1 Å². The standard InChI is InChI=1S/C11H11NO/c1-2-4-10-5-3-6-11(8-7-10)13-9-12/h2-3,5,7-8H,1,4,6H2. The molecule has 0 saturated carbocycles. The SMILES string of the molecule is C=CCC1=CC=C(OC#N)CC=C1. The molecular weight excluding hydrogens is 162 g/mol. The molecule has 1 rings (SSSR count). The van der Waals surface area contributed by atoms with Crippen molar-refractivity contribution in [2.45, 2.75) is 12.8 Å². The van der Waals surface area contributed by atoms with Crippen LogP contribution in [-0.2, 0) is 4.74 Å². The fraction of sp³-hybridized carbons (Fsp3) is 0.182. The summed E-state index contributed by atoms with van der Waals surface area (Å²) in [6.07, 6.45) is 12.8. The normalized spacial score (nSPS) is 15.0. The van der Waals surface area contributed by atoms with Crippen molar-refractivity contribution in [1.29, 1.82) is 5.26 Å². The van der Waals surface area contributed by atoms with Crippen LogP contribution in [0.4, 0.5) is 0 Å². The van der Waals surface area contributed by atoms with Gasteiger partial charge in [0.15, 0.2) is 0 Å². The van der Waals surface area contributed by atoms with Crippen LogP contribution in [0, 0.1) is 11.5 Å². The van der Waals surface area contributed by atoms with Crippen molar-refractivity contribution >= 4 is 0 Å². The van der Waals surface area contributed by atoms with Gasteiger partial charge in [0.1, 0.15) is 5.76 Å². The van der Waals surface area contributed by atoms with E-state index in [2.05, 4.69) is 6.58 Å². The lowest BCUT2D eigenvalue weighted by Gasteiger charge is -1.94. The first-order valence-electron chi connectivity index (χ1n) is 4.10. The average molecular weight is 173 g/mol. The highest BCUT2D eigenvalue weighted by molar-refractivity contribution is 5.30. The van der Waals surface area contributed by atoms with Crippen LogP contribution in [0.2, 0.25) is 0 Å². The van der Waals surface area contributed by atoms with Gasteiger partial charge in [0.25, 0.3) is 6.26 Å². The van der Waals surface area contributed by atoms with Crippen molar-refractivity contribution in [3.8, 4) is 6.26 Å². The summed E-state index contributed by atoms with van der Waals surface area (Å²) in [7, 11) is 0. The molecule has 0 aliphatic heterocycles. The highest BCUT2D eigenvalue weighted by Gasteiger charge is 1.98. The van der Waals surface area contributed by atoms with Crippen molar-refractivity contribution in [3.05, 3.63) is 48.3 Å². The number of hydrogen-bond acceptors (Lipinski definition) is 2. The maximum atomic E-state index is 8.31. The highest BCUT2D eigenvalue weighted by Crippen LogP contribution is 2.14. The molecule has 0 saturated heterocycles. The Balaban J connectivity index is 2.71. The number of hydrogen-bond donors (Lipinski definition) is 0. The smallest absolute Gasteiger partial charge is 0.291 e. The maximum absolute atomic E-state index is 8.31. The lowest BCUT2D eigenvalue weighted by molar-refractivity contribution is 0.367. The predicted molar refractivity (Wildman–Crippen MR) is 51.4 cm³/mol. The molecule has 13 heavy (non-hydrogen) atoms. The quantitative estimate of drug-likeness (QED) is 0.485. The zero-order valence-corrected chi connectivity index (χ0v) is 7.36. The summed E-state index contributed by atoms with van der Waals surface area (Å²) in [6.45, 7) is 3.66. The Kier molecular flexibility index (Phi) is 3.59. The maximum Gasteiger partial charge on any atom is 0.291 e. The molecule has 0 aromatic heterocycles. The summed E-state index contributed by atoms with van der Waals surface area (Å²) in [5, 5.41) is 8.31. The minimum atomic E-state index is 0.671. The topological polar surface area (TPSA) is 33.0 Å². The van der Waals surface area contributed by atoms with Crippen LogP contribution in [0.5, 0.6) is 0 Å². The number of nitrogens with zero attached hydrogens (tertiary/aromatic N) is 1. The van der Waals surface area contributed by atoms with Gasteiger partial charge in [0.2, 0.25) is 0 Å². The molecule has 0 unspecified atom stereocenters. The molecule has 0 spiro atoms. The van der Waals surface area contributed by atoms with Crippen LogP contribution < -0.4 is 0 Å². The summed E-state index contributed by atoms with van der Waals surface area (Å²) in [5.41, 5.74) is 1.17. The van der Waals surface area contributed by atoms with E-state index in [-0.39, 0.29) is 0 Å². The predicted octanol–water partition coefficient (Wildman–Crippen LogP) is 2.83. The van der Waals surface area contributed by atoms with Gasteiger partial charge in [0, 0.05) is 6.42 Å². The van der Waals surface area contributed by atoms with E-state index in [0.717, 1.165) is 6.42 Å². The summed E-state index contributed by atoms with van der Waals surface area (Å²) in [6, 6.07) is 0. The van der Waals surface area contributed by atoms with Crippen LogP contribution in [0.1, 0.15) is 12.8 Å². The minimum absolute atomic E-state index is 0.671. The van der Waals surface area contributed by atoms with Crippen LogP contribution >= 0.6 is 0 Å². The van der Waals surface area contributed by atoms with Crippen LogP contribution in [0.25, 0.3) is 0 Å². The zero-order valence-electron chi connectivity index (χ0n) is 7.36. The third-order valence-electron chi connectivity index (χ3n) is 1.69. The summed E-state index contributed by atoms with van der Waals surface area (Å²) < 4.78 is 4.73. The van der Waals surface area contributed by atoms with Gasteiger partial charge in [-0.15, -0.1) is 11.8 Å². The van der Waals surface area contributed by atoms with Crippen molar-refractivity contribution in [1.82, 2.24) is 0 Å². The van der Waals surface area contributed by atoms with Crippen LogP contribution in [0.15, 0.2) is 48.3 Å². The second-order valence-electron chi connectivity index (χ2n) is 2.67. The molecule has 0 aromatic rings. The van der Waals surface area contributed by atoms with E-state index in [4.69, 9.17) is 10.00 Å². The molecule has 0 fully saturated rings. The monoisotopic (exact) mass is 173 g/mol. The first kappa shape index (κ1) is 9.34. The van der Waals surface area contributed by atoms with Gasteiger partial charge in [-0.3, -0.25) is 0 Å². The van der Waals surface area contributed by atoms with E-state index < -0.39 is 0 Å². The van der Waals surface area contributed by atoms with Crippen molar-refractivity contribution in [2.24, 2.45) is 0 Å². The molecule has 0 aromatic carbocycles. The Bertz CT molecular complexity index is 315. The third kappa shape index (κ3) is 3.00. The minimum Gasteiger partial charge on any atom is -0.392 e. The molecule has 0 bridgehead atoms. The van der Waals surface area contributed by atoms with Crippen molar-refractivity contribution in [3.63, 3.8) is 0 Å². The Morgan fingerprint density at radius 3 is 3.15 bits per heavy atom. The fourth-order valence-electron chi connectivity index (χ4n) is 1.09. The highest BCUT2D eigenvalue weighted by atomic mass is 16.5. The Morgan fingerprint density at radius 1 is 1.62 bits per heavy atom. The molecule has 0 radical (unpaired) electrons. The second kappa shape index (κ2) is 5.00. The molecule has 0 atom stereocenters. The first-order chi connectivity index (χ1) is 6.36. The van der Waals surface area contributed by atoms with Crippen molar-refractivity contribution < 1.29 is 4.74 Å². The van der Waals surface area contributed by atoms with E-state index in [1.807, 2.05) is 30.4 Å². The molecule has 0 amide bonds. The van der Waals surface area contributed by atoms with Crippen molar-refractivity contribution in [2.75, 3.05) is 0 Å². The molecule has 1 aliphatic rings. The molecule has 0 N–H and O–H groups in total. The average Bonchev–Trinajstić information content (AvgIpc) is 2.33. The Morgan fingerprint density at radius 2 is 2.46 bits per heavy atom. The van der Waals surface area contributed by atoms with Gasteiger partial charge in [-0.25, -0.2) is 0 Å². The fourth-order valence-corrected chi connectivity index (χ4v) is 1.09. The number of ether oxygens (including phenoxy) is 1.